The molecule has 3 aromatic rings. The minimum Gasteiger partial charge on any atom is -0.371 e. The third kappa shape index (κ3) is 4.71. The molecule has 5 atom stereocenters. The van der Waals surface area contributed by atoms with Gasteiger partial charge in [-0.25, -0.2) is 22.0 Å². The molecule has 0 radical (unpaired) electrons. The highest BCUT2D eigenvalue weighted by atomic mass is 35.5. The number of aromatic nitrogens is 1. The summed E-state index contributed by atoms with van der Waals surface area (Å²) in [6.45, 7) is -0.310. The smallest absolute Gasteiger partial charge is 0.268 e. The van der Waals surface area contributed by atoms with E-state index in [1.165, 1.54) is 36.7 Å². The molecule has 2 amide bonds. The van der Waals surface area contributed by atoms with Crippen LogP contribution in [-0.2, 0) is 10.4 Å². The van der Waals surface area contributed by atoms with Gasteiger partial charge in [0.2, 0.25) is 12.0 Å². The first kappa shape index (κ1) is 28.0. The van der Waals surface area contributed by atoms with E-state index in [4.69, 9.17) is 11.6 Å². The first-order valence-corrected chi connectivity index (χ1v) is 12.9. The van der Waals surface area contributed by atoms with Crippen LogP contribution in [0.5, 0.6) is 0 Å². The van der Waals surface area contributed by atoms with Crippen LogP contribution in [0.3, 0.4) is 0 Å². The third-order valence-electron chi connectivity index (χ3n) is 7.60. The summed E-state index contributed by atoms with van der Waals surface area (Å²) in [5, 5.41) is 13.3. The number of nitrogens with one attached hydrogen (secondary N) is 1. The number of aliphatic hydroxyl groups is 1. The van der Waals surface area contributed by atoms with E-state index in [1.807, 2.05) is 0 Å². The second kappa shape index (κ2) is 10.8. The molecule has 0 bridgehead atoms. The van der Waals surface area contributed by atoms with E-state index >= 15 is 4.39 Å². The van der Waals surface area contributed by atoms with Crippen molar-refractivity contribution >= 4 is 29.1 Å². The molecule has 0 spiro atoms. The number of fused-ring (bicyclic) bond motifs is 1. The predicted molar refractivity (Wildman–Crippen MR) is 135 cm³/mol. The molecule has 0 unspecified atom stereocenters. The van der Waals surface area contributed by atoms with Crippen molar-refractivity contribution in [2.24, 2.45) is 11.8 Å². The topological polar surface area (TPSA) is 82.5 Å². The van der Waals surface area contributed by atoms with Crippen molar-refractivity contribution in [3.05, 3.63) is 95.1 Å². The lowest BCUT2D eigenvalue weighted by Crippen LogP contribution is -2.52. The van der Waals surface area contributed by atoms with E-state index in [0.717, 1.165) is 29.2 Å². The summed E-state index contributed by atoms with van der Waals surface area (Å²) < 4.78 is 72.3. The maximum atomic E-state index is 15.1. The number of benzene rings is 2. The van der Waals surface area contributed by atoms with Crippen LogP contribution < -0.4 is 10.2 Å². The zero-order chi connectivity index (χ0) is 28.8. The fraction of sp³-hybridized carbons (Fsp3) is 0.321. The molecule has 0 saturated heterocycles. The van der Waals surface area contributed by atoms with Gasteiger partial charge in [0.05, 0.1) is 16.8 Å². The minimum atomic E-state index is -2.90. The zero-order valence-electron chi connectivity index (χ0n) is 20.7. The number of amides is 2. The Morgan fingerprint density at radius 1 is 1.10 bits per heavy atom. The summed E-state index contributed by atoms with van der Waals surface area (Å²) in [6, 6.07) is 8.43. The average molecular weight is 580 g/mol. The van der Waals surface area contributed by atoms with Crippen molar-refractivity contribution in [1.82, 2.24) is 10.3 Å². The normalized spacial score (nSPS) is 26.2. The summed E-state index contributed by atoms with van der Waals surface area (Å²) in [6.07, 6.45) is -0.358. The Hall–Kier alpha value is -3.57. The number of nitrogens with zero attached hydrogens (tertiary/aromatic N) is 2. The molecular formula is C28H23ClF5N3O3. The SMILES string of the molecule is O=C(N[C@@H]1C[C@@H](Cl)[C@@H](CN2C(=O)[C@@](O)(c3cccc(F)c3F)c3c(F)cccc32)C[C@H]1C(F)F)c1cccnc1. The van der Waals surface area contributed by atoms with Crippen LogP contribution in [0.25, 0.3) is 0 Å². The average Bonchev–Trinajstić information content (AvgIpc) is 3.15. The van der Waals surface area contributed by atoms with Gasteiger partial charge in [0.25, 0.3) is 11.8 Å². The fourth-order valence-corrected chi connectivity index (χ4v) is 5.98. The monoisotopic (exact) mass is 579 g/mol. The number of hydrogen-bond donors (Lipinski definition) is 2. The molecule has 1 aromatic heterocycles. The van der Waals surface area contributed by atoms with Crippen molar-refractivity contribution in [2.75, 3.05) is 11.4 Å². The Kier molecular flexibility index (Phi) is 7.54. The largest absolute Gasteiger partial charge is 0.371 e. The van der Waals surface area contributed by atoms with Crippen molar-refractivity contribution in [2.45, 2.75) is 36.3 Å². The van der Waals surface area contributed by atoms with E-state index in [0.29, 0.717) is 0 Å². The quantitative estimate of drug-likeness (QED) is 0.325. The Balaban J connectivity index is 1.43. The number of halogens is 6. The Morgan fingerprint density at radius 3 is 2.52 bits per heavy atom. The molecule has 5 rings (SSSR count). The van der Waals surface area contributed by atoms with Gasteiger partial charge in [0.1, 0.15) is 5.82 Å². The van der Waals surface area contributed by atoms with Gasteiger partial charge in [-0.1, -0.05) is 18.2 Å². The first-order valence-electron chi connectivity index (χ1n) is 12.4. The van der Waals surface area contributed by atoms with Crippen LogP contribution in [0.15, 0.2) is 60.9 Å². The number of carbonyl (C=O) groups is 2. The van der Waals surface area contributed by atoms with Gasteiger partial charge in [-0.15, -0.1) is 11.6 Å². The van der Waals surface area contributed by atoms with Crippen LogP contribution in [0, 0.1) is 29.3 Å². The van der Waals surface area contributed by atoms with Crippen LogP contribution in [0.1, 0.15) is 34.3 Å². The van der Waals surface area contributed by atoms with Crippen LogP contribution in [0.2, 0.25) is 0 Å². The maximum absolute atomic E-state index is 15.1. The zero-order valence-corrected chi connectivity index (χ0v) is 21.5. The number of anilines is 1. The van der Waals surface area contributed by atoms with E-state index in [2.05, 4.69) is 10.3 Å². The van der Waals surface area contributed by atoms with Gasteiger partial charge in [-0.05, 0) is 49.1 Å². The molecule has 12 heteroatoms. The van der Waals surface area contributed by atoms with Gasteiger partial charge in [0.15, 0.2) is 11.6 Å². The van der Waals surface area contributed by atoms with Crippen LogP contribution >= 0.6 is 11.6 Å². The second-order valence-corrected chi connectivity index (χ2v) is 10.5. The fourth-order valence-electron chi connectivity index (χ4n) is 5.61. The van der Waals surface area contributed by atoms with Crippen molar-refractivity contribution < 1.29 is 36.6 Å². The van der Waals surface area contributed by atoms with E-state index in [1.54, 1.807) is 0 Å². The van der Waals surface area contributed by atoms with E-state index in [-0.39, 0.29) is 30.6 Å². The highest BCUT2D eigenvalue weighted by molar-refractivity contribution is 6.21. The third-order valence-corrected chi connectivity index (χ3v) is 8.14. The molecule has 1 aliphatic carbocycles. The van der Waals surface area contributed by atoms with Gasteiger partial charge < -0.3 is 15.3 Å². The molecule has 1 aliphatic heterocycles. The predicted octanol–water partition coefficient (Wildman–Crippen LogP) is 4.78. The van der Waals surface area contributed by atoms with Crippen LogP contribution in [0.4, 0.5) is 27.6 Å². The number of alkyl halides is 3. The Labute approximate surface area is 230 Å². The number of rotatable bonds is 6. The lowest BCUT2D eigenvalue weighted by atomic mass is 9.77. The molecule has 210 valence electrons. The maximum Gasteiger partial charge on any atom is 0.268 e. The first-order chi connectivity index (χ1) is 19.0. The summed E-state index contributed by atoms with van der Waals surface area (Å²) in [5.74, 6) is -7.76. The van der Waals surface area contributed by atoms with Gasteiger partial charge in [-0.2, -0.15) is 0 Å². The van der Waals surface area contributed by atoms with Crippen molar-refractivity contribution in [3.63, 3.8) is 0 Å². The van der Waals surface area contributed by atoms with Crippen molar-refractivity contribution in [3.8, 4) is 0 Å². The lowest BCUT2D eigenvalue weighted by molar-refractivity contribution is -0.132. The molecule has 6 nitrogen and oxygen atoms in total. The standard InChI is InChI=1S/C28H23ClF5N3O3/c29-18-11-21(36-26(38)14-4-3-9-35-12-14)16(25(33)34)10-15(18)13-37-22-8-2-6-19(30)23(22)28(40,27(37)39)17-5-1-7-20(31)24(17)32/h1-9,12,15-16,18,21,25,40H,10-11,13H2,(H,36,38)/t15-,16-,18-,21-,28-/m1/s1. The summed E-state index contributed by atoms with van der Waals surface area (Å²) in [7, 11) is 0. The number of carbonyl (C=O) groups excluding carboxylic acids is 2. The molecule has 2 heterocycles. The molecule has 2 aromatic carbocycles. The van der Waals surface area contributed by atoms with E-state index < -0.39 is 75.7 Å². The van der Waals surface area contributed by atoms with Gasteiger partial charge >= 0.3 is 0 Å². The highest BCUT2D eigenvalue weighted by Crippen LogP contribution is 2.48. The molecule has 2 aliphatic rings. The number of hydrogen-bond acceptors (Lipinski definition) is 4. The van der Waals surface area contributed by atoms with Gasteiger partial charge in [-0.3, -0.25) is 14.6 Å². The highest BCUT2D eigenvalue weighted by Gasteiger charge is 2.55. The van der Waals surface area contributed by atoms with E-state index in [9.17, 15) is 32.3 Å². The Bertz CT molecular complexity index is 1450. The molecule has 2 N–H and O–H groups in total. The molecule has 40 heavy (non-hydrogen) atoms. The molecular weight excluding hydrogens is 557 g/mol. The number of pyridine rings is 1. The lowest BCUT2D eigenvalue weighted by Gasteiger charge is -2.40. The molecule has 1 fully saturated rings. The molecule has 1 saturated carbocycles. The Morgan fingerprint density at radius 2 is 1.82 bits per heavy atom. The summed E-state index contributed by atoms with van der Waals surface area (Å²) >= 11 is 6.60. The van der Waals surface area contributed by atoms with Crippen molar-refractivity contribution in [1.29, 1.82) is 0 Å². The van der Waals surface area contributed by atoms with Crippen LogP contribution in [-0.4, -0.2) is 46.3 Å². The minimum absolute atomic E-state index is 0.0614. The summed E-state index contributed by atoms with van der Waals surface area (Å²) in [4.78, 5) is 31.1. The summed E-state index contributed by atoms with van der Waals surface area (Å²) in [5.41, 5.74) is -4.17. The second-order valence-electron chi connectivity index (χ2n) is 9.93. The van der Waals surface area contributed by atoms with Gasteiger partial charge in [0, 0.05) is 41.8 Å².